The minimum Gasteiger partial charge on any atom is -0.348 e. The number of aromatic amines is 1. The van der Waals surface area contributed by atoms with Crippen molar-refractivity contribution in [3.8, 4) is 0 Å². The molecular weight excluding hydrogens is 276 g/mol. The molecule has 1 heterocycles. The number of halogens is 1. The predicted octanol–water partition coefficient (Wildman–Crippen LogP) is 2.20. The van der Waals surface area contributed by atoms with Crippen molar-refractivity contribution in [3.05, 3.63) is 17.5 Å². The predicted molar refractivity (Wildman–Crippen MR) is 82.2 cm³/mol. The summed E-state index contributed by atoms with van der Waals surface area (Å²) in [6, 6.07) is 2.03. The van der Waals surface area contributed by atoms with E-state index in [0.717, 1.165) is 18.5 Å². The summed E-state index contributed by atoms with van der Waals surface area (Å²) in [5.41, 5.74) is 7.25. The van der Waals surface area contributed by atoms with Crippen LogP contribution in [0.3, 0.4) is 0 Å². The Balaban J connectivity index is 0.00000200. The Labute approximate surface area is 126 Å². The fraction of sp³-hybridized carbons (Fsp3) is 0.714. The summed E-state index contributed by atoms with van der Waals surface area (Å²) < 4.78 is 0. The van der Waals surface area contributed by atoms with E-state index in [1.807, 2.05) is 6.07 Å². The lowest BCUT2D eigenvalue weighted by Crippen LogP contribution is -2.44. The molecule has 5 nitrogen and oxygen atoms in total. The molecule has 4 N–H and O–H groups in total. The number of H-pyrrole nitrogens is 1. The van der Waals surface area contributed by atoms with Gasteiger partial charge in [0.25, 0.3) is 5.91 Å². The first kappa shape index (κ1) is 17.0. The van der Waals surface area contributed by atoms with E-state index in [2.05, 4.69) is 29.4 Å². The van der Waals surface area contributed by atoms with Crippen LogP contribution in [0.4, 0.5) is 0 Å². The number of hydrogen-bond donors (Lipinski definition) is 3. The second-order valence-electron chi connectivity index (χ2n) is 5.72. The smallest absolute Gasteiger partial charge is 0.272 e. The van der Waals surface area contributed by atoms with Crippen molar-refractivity contribution >= 4 is 18.3 Å². The van der Waals surface area contributed by atoms with Crippen molar-refractivity contribution in [3.63, 3.8) is 0 Å². The Morgan fingerprint density at radius 3 is 2.80 bits per heavy atom. The molecule has 2 unspecified atom stereocenters. The van der Waals surface area contributed by atoms with Crippen molar-refractivity contribution in [2.24, 2.45) is 11.7 Å². The van der Waals surface area contributed by atoms with Crippen LogP contribution in [0.25, 0.3) is 0 Å². The fourth-order valence-corrected chi connectivity index (χ4v) is 2.67. The number of rotatable bonds is 4. The summed E-state index contributed by atoms with van der Waals surface area (Å²) in [6.07, 6.45) is 4.52. The molecule has 0 saturated heterocycles. The summed E-state index contributed by atoms with van der Waals surface area (Å²) >= 11 is 0. The van der Waals surface area contributed by atoms with Gasteiger partial charge >= 0.3 is 0 Å². The van der Waals surface area contributed by atoms with Crippen LogP contribution in [0.15, 0.2) is 6.07 Å². The van der Waals surface area contributed by atoms with Crippen molar-refractivity contribution in [1.82, 2.24) is 15.5 Å². The lowest BCUT2D eigenvalue weighted by Gasteiger charge is -2.31. The minimum absolute atomic E-state index is 0. The van der Waals surface area contributed by atoms with E-state index in [-0.39, 0.29) is 24.4 Å². The first-order valence-corrected chi connectivity index (χ1v) is 7.18. The maximum Gasteiger partial charge on any atom is 0.272 e. The number of nitrogens with two attached hydrogens (primary N) is 1. The van der Waals surface area contributed by atoms with Gasteiger partial charge in [-0.15, -0.1) is 12.4 Å². The summed E-state index contributed by atoms with van der Waals surface area (Å²) in [5.74, 6) is 0.662. The Morgan fingerprint density at radius 1 is 1.50 bits per heavy atom. The SMILES string of the molecule is CC(C)c1cc(C(=O)NC2CCCCC2CN)n[nH]1.Cl. The molecule has 0 radical (unpaired) electrons. The molecule has 0 spiro atoms. The van der Waals surface area contributed by atoms with Gasteiger partial charge in [-0.2, -0.15) is 5.10 Å². The van der Waals surface area contributed by atoms with Crippen LogP contribution >= 0.6 is 12.4 Å². The number of amides is 1. The van der Waals surface area contributed by atoms with E-state index in [1.54, 1.807) is 0 Å². The molecule has 1 amide bonds. The molecule has 2 atom stereocenters. The van der Waals surface area contributed by atoms with Gasteiger partial charge in [-0.3, -0.25) is 9.89 Å². The molecular formula is C14H25ClN4O. The molecule has 1 saturated carbocycles. The van der Waals surface area contributed by atoms with Crippen LogP contribution < -0.4 is 11.1 Å². The topological polar surface area (TPSA) is 83.8 Å². The zero-order valence-electron chi connectivity index (χ0n) is 12.2. The lowest BCUT2D eigenvalue weighted by atomic mass is 9.84. The van der Waals surface area contributed by atoms with Gasteiger partial charge in [0.1, 0.15) is 5.69 Å². The molecule has 114 valence electrons. The van der Waals surface area contributed by atoms with Gasteiger partial charge in [0.2, 0.25) is 0 Å². The van der Waals surface area contributed by atoms with Gasteiger partial charge in [0.15, 0.2) is 0 Å². The van der Waals surface area contributed by atoms with E-state index in [0.29, 0.717) is 24.1 Å². The lowest BCUT2D eigenvalue weighted by molar-refractivity contribution is 0.0903. The molecule has 1 aliphatic rings. The molecule has 6 heteroatoms. The highest BCUT2D eigenvalue weighted by Crippen LogP contribution is 2.23. The number of carbonyl (C=O) groups excluding carboxylic acids is 1. The normalized spacial score (nSPS) is 22.4. The molecule has 1 fully saturated rings. The van der Waals surface area contributed by atoms with Crippen LogP contribution in [0, 0.1) is 5.92 Å². The molecule has 2 rings (SSSR count). The summed E-state index contributed by atoms with van der Waals surface area (Å²) in [7, 11) is 0. The molecule has 20 heavy (non-hydrogen) atoms. The number of nitrogens with zero attached hydrogens (tertiary/aromatic N) is 1. The first-order chi connectivity index (χ1) is 9.11. The monoisotopic (exact) mass is 300 g/mol. The van der Waals surface area contributed by atoms with Crippen LogP contribution in [0.5, 0.6) is 0 Å². The van der Waals surface area contributed by atoms with Crippen molar-refractivity contribution in [2.75, 3.05) is 6.54 Å². The maximum absolute atomic E-state index is 12.2. The third kappa shape index (κ3) is 3.96. The van der Waals surface area contributed by atoms with Gasteiger partial charge < -0.3 is 11.1 Å². The fourth-order valence-electron chi connectivity index (χ4n) is 2.67. The molecule has 1 aromatic rings. The van der Waals surface area contributed by atoms with E-state index < -0.39 is 0 Å². The Kier molecular flexibility index (Phi) is 6.49. The number of carbonyl (C=O) groups is 1. The summed E-state index contributed by atoms with van der Waals surface area (Å²) in [4.78, 5) is 12.2. The third-order valence-electron chi connectivity index (χ3n) is 3.98. The summed E-state index contributed by atoms with van der Waals surface area (Å²) in [6.45, 7) is 4.78. The van der Waals surface area contributed by atoms with Crippen LogP contribution in [-0.2, 0) is 0 Å². The Bertz CT molecular complexity index is 433. The Hall–Kier alpha value is -1.07. The molecule has 0 bridgehead atoms. The van der Waals surface area contributed by atoms with E-state index in [4.69, 9.17) is 5.73 Å². The van der Waals surface area contributed by atoms with E-state index in [9.17, 15) is 4.79 Å². The largest absolute Gasteiger partial charge is 0.348 e. The van der Waals surface area contributed by atoms with Crippen molar-refractivity contribution in [2.45, 2.75) is 51.5 Å². The van der Waals surface area contributed by atoms with Gasteiger partial charge in [0, 0.05) is 11.7 Å². The van der Waals surface area contributed by atoms with Crippen LogP contribution in [0.1, 0.15) is 61.6 Å². The highest BCUT2D eigenvalue weighted by molar-refractivity contribution is 5.92. The van der Waals surface area contributed by atoms with Crippen LogP contribution in [-0.4, -0.2) is 28.7 Å². The van der Waals surface area contributed by atoms with E-state index >= 15 is 0 Å². The van der Waals surface area contributed by atoms with Crippen LogP contribution in [0.2, 0.25) is 0 Å². The molecule has 0 aliphatic heterocycles. The van der Waals surface area contributed by atoms with Crippen molar-refractivity contribution < 1.29 is 4.79 Å². The quantitative estimate of drug-likeness (QED) is 0.797. The van der Waals surface area contributed by atoms with Gasteiger partial charge in [-0.1, -0.05) is 26.7 Å². The average molecular weight is 301 g/mol. The summed E-state index contributed by atoms with van der Waals surface area (Å²) in [5, 5.41) is 10.1. The van der Waals surface area contributed by atoms with Crippen molar-refractivity contribution in [1.29, 1.82) is 0 Å². The van der Waals surface area contributed by atoms with Gasteiger partial charge in [0.05, 0.1) is 0 Å². The standard InChI is InChI=1S/C14H24N4O.ClH/c1-9(2)12-7-13(18-17-12)14(19)16-11-6-4-3-5-10(11)8-15;/h7,9-11H,3-6,8,15H2,1-2H3,(H,16,19)(H,17,18);1H. The number of hydrogen-bond acceptors (Lipinski definition) is 3. The second-order valence-corrected chi connectivity index (χ2v) is 5.72. The Morgan fingerprint density at radius 2 is 2.20 bits per heavy atom. The zero-order chi connectivity index (χ0) is 13.8. The third-order valence-corrected chi connectivity index (χ3v) is 3.98. The molecule has 0 aromatic carbocycles. The highest BCUT2D eigenvalue weighted by Gasteiger charge is 2.26. The van der Waals surface area contributed by atoms with E-state index in [1.165, 1.54) is 12.8 Å². The molecule has 1 aliphatic carbocycles. The van der Waals surface area contributed by atoms with Gasteiger partial charge in [-0.25, -0.2) is 0 Å². The second kappa shape index (κ2) is 7.64. The number of aromatic nitrogens is 2. The van der Waals surface area contributed by atoms with Gasteiger partial charge in [-0.05, 0) is 37.3 Å². The average Bonchev–Trinajstić information content (AvgIpc) is 2.89. The maximum atomic E-state index is 12.2. The molecule has 1 aromatic heterocycles. The minimum atomic E-state index is -0.0894. The highest BCUT2D eigenvalue weighted by atomic mass is 35.5. The zero-order valence-corrected chi connectivity index (χ0v) is 13.0. The first-order valence-electron chi connectivity index (χ1n) is 7.18. The number of nitrogens with one attached hydrogen (secondary N) is 2.